The van der Waals surface area contributed by atoms with Crippen LogP contribution in [0.2, 0.25) is 5.02 Å². The Balaban J connectivity index is 1.47. The van der Waals surface area contributed by atoms with Gasteiger partial charge in [0.2, 0.25) is 0 Å². The van der Waals surface area contributed by atoms with Gasteiger partial charge in [0.25, 0.3) is 15.9 Å². The molecule has 1 fully saturated rings. The summed E-state index contributed by atoms with van der Waals surface area (Å²) in [5.74, 6) is -0.997. The Bertz CT molecular complexity index is 1240. The molecule has 1 amide bonds. The molecular formula is C23H21ClFN3O3S. The lowest BCUT2D eigenvalue weighted by atomic mass is 10.2. The molecule has 0 saturated carbocycles. The second-order valence-corrected chi connectivity index (χ2v) is 9.51. The highest BCUT2D eigenvalue weighted by Crippen LogP contribution is 2.29. The number of halogens is 2. The molecule has 1 aliphatic heterocycles. The number of hydrogen-bond acceptors (Lipinski definition) is 4. The average Bonchev–Trinajstić information content (AvgIpc) is 3.31. The van der Waals surface area contributed by atoms with Crippen LogP contribution in [-0.4, -0.2) is 27.4 Å². The van der Waals surface area contributed by atoms with Crippen molar-refractivity contribution in [2.24, 2.45) is 0 Å². The first-order valence-corrected chi connectivity index (χ1v) is 11.9. The van der Waals surface area contributed by atoms with Crippen LogP contribution in [-0.2, 0) is 10.0 Å². The standard InChI is InChI=1S/C23H21ClFN3O3S/c24-19-15-18(11-12-20(19)25)32(30,31)27-17-9-7-16(8-10-17)23(29)26-21-5-1-2-6-22(21)28-13-3-4-14-28/h1-2,5-12,15,27H,3-4,13-14H2,(H,26,29). The summed E-state index contributed by atoms with van der Waals surface area (Å²) in [6.07, 6.45) is 2.26. The smallest absolute Gasteiger partial charge is 0.261 e. The molecule has 1 saturated heterocycles. The molecule has 0 spiro atoms. The third kappa shape index (κ3) is 4.87. The molecule has 9 heteroatoms. The number of sulfonamides is 1. The first kappa shape index (κ1) is 22.1. The quantitative estimate of drug-likeness (QED) is 0.520. The molecule has 4 rings (SSSR count). The minimum atomic E-state index is -3.96. The van der Waals surface area contributed by atoms with Gasteiger partial charge in [0.1, 0.15) is 5.82 Å². The van der Waals surface area contributed by atoms with E-state index >= 15 is 0 Å². The molecule has 166 valence electrons. The van der Waals surface area contributed by atoms with Crippen LogP contribution in [0.15, 0.2) is 71.6 Å². The van der Waals surface area contributed by atoms with E-state index in [1.54, 1.807) is 0 Å². The van der Waals surface area contributed by atoms with Gasteiger partial charge in [-0.05, 0) is 67.4 Å². The van der Waals surface area contributed by atoms with Crippen molar-refractivity contribution in [2.45, 2.75) is 17.7 Å². The molecule has 3 aromatic carbocycles. The second kappa shape index (κ2) is 9.18. The number of carbonyl (C=O) groups is 1. The summed E-state index contributed by atoms with van der Waals surface area (Å²) in [4.78, 5) is 14.8. The lowest BCUT2D eigenvalue weighted by molar-refractivity contribution is 0.102. The van der Waals surface area contributed by atoms with E-state index in [-0.39, 0.29) is 21.5 Å². The largest absolute Gasteiger partial charge is 0.370 e. The maximum Gasteiger partial charge on any atom is 0.261 e. The number of hydrogen-bond donors (Lipinski definition) is 2. The topological polar surface area (TPSA) is 78.5 Å². The number of benzene rings is 3. The third-order valence-corrected chi connectivity index (χ3v) is 6.87. The molecule has 6 nitrogen and oxygen atoms in total. The number of nitrogens with one attached hydrogen (secondary N) is 2. The minimum Gasteiger partial charge on any atom is -0.370 e. The van der Waals surface area contributed by atoms with Gasteiger partial charge in [0.15, 0.2) is 0 Å². The van der Waals surface area contributed by atoms with E-state index in [2.05, 4.69) is 14.9 Å². The molecule has 1 aliphatic rings. The normalized spacial score (nSPS) is 13.8. The Kier molecular flexibility index (Phi) is 6.34. The Morgan fingerprint density at radius 3 is 2.34 bits per heavy atom. The molecule has 0 aromatic heterocycles. The van der Waals surface area contributed by atoms with Crippen molar-refractivity contribution in [3.63, 3.8) is 0 Å². The van der Waals surface area contributed by atoms with Gasteiger partial charge < -0.3 is 10.2 Å². The van der Waals surface area contributed by atoms with Gasteiger partial charge in [-0.25, -0.2) is 12.8 Å². The Morgan fingerprint density at radius 1 is 0.969 bits per heavy atom. The number of rotatable bonds is 6. The van der Waals surface area contributed by atoms with Crippen molar-refractivity contribution in [1.82, 2.24) is 0 Å². The van der Waals surface area contributed by atoms with Crippen molar-refractivity contribution >= 4 is 44.6 Å². The van der Waals surface area contributed by atoms with E-state index in [0.717, 1.165) is 55.5 Å². The van der Waals surface area contributed by atoms with E-state index in [1.807, 2.05) is 24.3 Å². The summed E-state index contributed by atoms with van der Waals surface area (Å²) >= 11 is 5.68. The fourth-order valence-electron chi connectivity index (χ4n) is 3.56. The molecule has 0 atom stereocenters. The number of nitrogens with zero attached hydrogens (tertiary/aromatic N) is 1. The zero-order valence-corrected chi connectivity index (χ0v) is 18.6. The Hall–Kier alpha value is -3.10. The molecule has 0 unspecified atom stereocenters. The van der Waals surface area contributed by atoms with Gasteiger partial charge in [-0.1, -0.05) is 23.7 Å². The average molecular weight is 474 g/mol. The third-order valence-electron chi connectivity index (χ3n) is 5.20. The SMILES string of the molecule is O=C(Nc1ccccc1N1CCCC1)c1ccc(NS(=O)(=O)c2ccc(F)c(Cl)c2)cc1. The Labute approximate surface area is 191 Å². The summed E-state index contributed by atoms with van der Waals surface area (Å²) in [5, 5.41) is 2.66. The van der Waals surface area contributed by atoms with Crippen molar-refractivity contribution in [1.29, 1.82) is 0 Å². The monoisotopic (exact) mass is 473 g/mol. The number of anilines is 3. The fraction of sp³-hybridized carbons (Fsp3) is 0.174. The van der Waals surface area contributed by atoms with Crippen molar-refractivity contribution < 1.29 is 17.6 Å². The number of amides is 1. The molecule has 1 heterocycles. The first-order valence-electron chi connectivity index (χ1n) is 10.1. The summed E-state index contributed by atoms with van der Waals surface area (Å²) in [6, 6.07) is 16.9. The molecule has 32 heavy (non-hydrogen) atoms. The molecule has 0 aliphatic carbocycles. The maximum absolute atomic E-state index is 13.3. The predicted octanol–water partition coefficient (Wildman–Crippen LogP) is 5.13. The number of para-hydroxylation sites is 2. The number of carbonyl (C=O) groups excluding carboxylic acids is 1. The minimum absolute atomic E-state index is 0.163. The summed E-state index contributed by atoms with van der Waals surface area (Å²) in [7, 11) is -3.96. The van der Waals surface area contributed by atoms with Crippen LogP contribution >= 0.6 is 11.6 Å². The van der Waals surface area contributed by atoms with Crippen molar-refractivity contribution in [3.8, 4) is 0 Å². The zero-order chi connectivity index (χ0) is 22.7. The van der Waals surface area contributed by atoms with Gasteiger partial charge in [-0.15, -0.1) is 0 Å². The van der Waals surface area contributed by atoms with Gasteiger partial charge in [-0.2, -0.15) is 0 Å². The highest BCUT2D eigenvalue weighted by molar-refractivity contribution is 7.92. The van der Waals surface area contributed by atoms with E-state index in [9.17, 15) is 17.6 Å². The lowest BCUT2D eigenvalue weighted by Crippen LogP contribution is -2.21. The predicted molar refractivity (Wildman–Crippen MR) is 125 cm³/mol. The van der Waals surface area contributed by atoms with Crippen LogP contribution in [0.4, 0.5) is 21.5 Å². The van der Waals surface area contributed by atoms with Crippen molar-refractivity contribution in [2.75, 3.05) is 28.0 Å². The van der Waals surface area contributed by atoms with Gasteiger partial charge in [-0.3, -0.25) is 9.52 Å². The van der Waals surface area contributed by atoms with Crippen LogP contribution in [0.5, 0.6) is 0 Å². The summed E-state index contributed by atoms with van der Waals surface area (Å²) < 4.78 is 40.7. The van der Waals surface area contributed by atoms with E-state index in [4.69, 9.17) is 11.6 Å². The molecule has 2 N–H and O–H groups in total. The first-order chi connectivity index (χ1) is 15.3. The van der Waals surface area contributed by atoms with Gasteiger partial charge in [0.05, 0.1) is 21.3 Å². The summed E-state index contributed by atoms with van der Waals surface area (Å²) in [6.45, 7) is 1.92. The second-order valence-electron chi connectivity index (χ2n) is 7.42. The van der Waals surface area contributed by atoms with Gasteiger partial charge in [0, 0.05) is 24.3 Å². The van der Waals surface area contributed by atoms with Gasteiger partial charge >= 0.3 is 0 Å². The van der Waals surface area contributed by atoms with Crippen molar-refractivity contribution in [3.05, 3.63) is 83.1 Å². The van der Waals surface area contributed by atoms with E-state index < -0.39 is 15.8 Å². The van der Waals surface area contributed by atoms with Crippen LogP contribution in [0.1, 0.15) is 23.2 Å². The molecule has 0 radical (unpaired) electrons. The lowest BCUT2D eigenvalue weighted by Gasteiger charge is -2.21. The van der Waals surface area contributed by atoms with E-state index in [1.165, 1.54) is 24.3 Å². The highest BCUT2D eigenvalue weighted by Gasteiger charge is 2.18. The molecule has 3 aromatic rings. The van der Waals surface area contributed by atoms with Crippen LogP contribution < -0.4 is 14.9 Å². The Morgan fingerprint density at radius 2 is 1.66 bits per heavy atom. The molecular weight excluding hydrogens is 453 g/mol. The zero-order valence-electron chi connectivity index (χ0n) is 17.0. The van der Waals surface area contributed by atoms with Crippen LogP contribution in [0.3, 0.4) is 0 Å². The maximum atomic E-state index is 13.3. The summed E-state index contributed by atoms with van der Waals surface area (Å²) in [5.41, 5.74) is 2.37. The van der Waals surface area contributed by atoms with Crippen LogP contribution in [0, 0.1) is 5.82 Å². The van der Waals surface area contributed by atoms with Crippen LogP contribution in [0.25, 0.3) is 0 Å². The highest BCUT2D eigenvalue weighted by atomic mass is 35.5. The van der Waals surface area contributed by atoms with E-state index in [0.29, 0.717) is 5.56 Å². The molecule has 0 bridgehead atoms. The fourth-order valence-corrected chi connectivity index (χ4v) is 4.89.